The summed E-state index contributed by atoms with van der Waals surface area (Å²) >= 11 is 0. The van der Waals surface area contributed by atoms with Gasteiger partial charge in [0, 0.05) is 6.54 Å². The lowest BCUT2D eigenvalue weighted by Gasteiger charge is -2.27. The van der Waals surface area contributed by atoms with Crippen molar-refractivity contribution >= 4 is 5.91 Å². The first-order chi connectivity index (χ1) is 9.06. The predicted molar refractivity (Wildman–Crippen MR) is 76.5 cm³/mol. The minimum atomic E-state index is 0.0639. The van der Waals surface area contributed by atoms with Crippen molar-refractivity contribution in [3.05, 3.63) is 0 Å². The SMILES string of the molecule is CC(C)CC1NC(C)N(CC(C2CC2)C2CC2)C1=O. The Morgan fingerprint density at radius 1 is 1.21 bits per heavy atom. The molecule has 0 spiro atoms. The first kappa shape index (κ1) is 13.4. The third-order valence-electron chi connectivity index (χ3n) is 5.06. The monoisotopic (exact) mass is 264 g/mol. The molecular weight excluding hydrogens is 236 g/mol. The Balaban J connectivity index is 1.61. The molecule has 0 aromatic rings. The maximum Gasteiger partial charge on any atom is 0.241 e. The average Bonchev–Trinajstić information content (AvgIpc) is 3.21. The molecule has 3 nitrogen and oxygen atoms in total. The zero-order valence-corrected chi connectivity index (χ0v) is 12.6. The second-order valence-corrected chi connectivity index (χ2v) is 7.35. The van der Waals surface area contributed by atoms with E-state index in [2.05, 4.69) is 31.0 Å². The molecule has 2 saturated carbocycles. The van der Waals surface area contributed by atoms with Crippen LogP contribution in [0.25, 0.3) is 0 Å². The van der Waals surface area contributed by atoms with E-state index in [-0.39, 0.29) is 12.2 Å². The lowest BCUT2D eigenvalue weighted by molar-refractivity contribution is -0.130. The number of hydrogen-bond acceptors (Lipinski definition) is 2. The molecule has 3 heteroatoms. The summed E-state index contributed by atoms with van der Waals surface area (Å²) in [5.41, 5.74) is 0. The zero-order valence-electron chi connectivity index (χ0n) is 12.6. The highest BCUT2D eigenvalue weighted by Gasteiger charge is 2.45. The second kappa shape index (κ2) is 5.08. The molecule has 0 radical (unpaired) electrons. The standard InChI is InChI=1S/C16H28N2O/c1-10(2)8-15-16(19)18(11(3)17-15)9-14(12-4-5-12)13-6-7-13/h10-15,17H,4-9H2,1-3H3. The summed E-state index contributed by atoms with van der Waals surface area (Å²) in [6.45, 7) is 7.55. The fourth-order valence-corrected chi connectivity index (χ4v) is 3.69. The average molecular weight is 264 g/mol. The van der Waals surface area contributed by atoms with Crippen molar-refractivity contribution < 1.29 is 4.79 Å². The fraction of sp³-hybridized carbons (Fsp3) is 0.938. The maximum absolute atomic E-state index is 12.5. The van der Waals surface area contributed by atoms with E-state index >= 15 is 0 Å². The van der Waals surface area contributed by atoms with Crippen LogP contribution >= 0.6 is 0 Å². The van der Waals surface area contributed by atoms with Gasteiger partial charge in [0.25, 0.3) is 0 Å². The van der Waals surface area contributed by atoms with Gasteiger partial charge < -0.3 is 4.90 Å². The topological polar surface area (TPSA) is 32.3 Å². The molecule has 1 amide bonds. The third-order valence-corrected chi connectivity index (χ3v) is 5.06. The van der Waals surface area contributed by atoms with E-state index in [1.165, 1.54) is 25.7 Å². The Hall–Kier alpha value is -0.570. The number of hydrogen-bond donors (Lipinski definition) is 1. The van der Waals surface area contributed by atoms with Gasteiger partial charge >= 0.3 is 0 Å². The van der Waals surface area contributed by atoms with Crippen LogP contribution in [0.5, 0.6) is 0 Å². The minimum absolute atomic E-state index is 0.0639. The van der Waals surface area contributed by atoms with Crippen LogP contribution in [0.15, 0.2) is 0 Å². The first-order valence-electron chi connectivity index (χ1n) is 8.12. The van der Waals surface area contributed by atoms with Gasteiger partial charge in [0.2, 0.25) is 5.91 Å². The van der Waals surface area contributed by atoms with Crippen LogP contribution in [-0.2, 0) is 4.79 Å². The van der Waals surface area contributed by atoms with Crippen LogP contribution in [0.1, 0.15) is 52.9 Å². The molecule has 2 atom stereocenters. The third kappa shape index (κ3) is 2.96. The molecule has 3 rings (SSSR count). The molecule has 19 heavy (non-hydrogen) atoms. The molecule has 2 unspecified atom stereocenters. The number of carbonyl (C=O) groups excluding carboxylic acids is 1. The van der Waals surface area contributed by atoms with Crippen molar-refractivity contribution in [1.29, 1.82) is 0 Å². The van der Waals surface area contributed by atoms with Crippen LogP contribution < -0.4 is 5.32 Å². The normalized spacial score (nSPS) is 31.8. The molecule has 0 aromatic heterocycles. The zero-order chi connectivity index (χ0) is 13.6. The first-order valence-corrected chi connectivity index (χ1v) is 8.12. The highest BCUT2D eigenvalue weighted by Crippen LogP contribution is 2.49. The van der Waals surface area contributed by atoms with Crippen molar-refractivity contribution in [2.45, 2.75) is 65.1 Å². The van der Waals surface area contributed by atoms with Gasteiger partial charge in [-0.1, -0.05) is 13.8 Å². The quantitative estimate of drug-likeness (QED) is 0.800. The van der Waals surface area contributed by atoms with Gasteiger partial charge in [0.1, 0.15) is 0 Å². The lowest BCUT2D eigenvalue weighted by atomic mass is 9.97. The van der Waals surface area contributed by atoms with Gasteiger partial charge in [-0.15, -0.1) is 0 Å². The van der Waals surface area contributed by atoms with Crippen molar-refractivity contribution in [2.75, 3.05) is 6.54 Å². The van der Waals surface area contributed by atoms with Crippen LogP contribution in [0.3, 0.4) is 0 Å². The molecule has 1 aliphatic heterocycles. The Morgan fingerprint density at radius 2 is 1.79 bits per heavy atom. The van der Waals surface area contributed by atoms with E-state index in [0.29, 0.717) is 11.8 Å². The predicted octanol–water partition coefficient (Wildman–Crippen LogP) is 2.62. The van der Waals surface area contributed by atoms with E-state index in [9.17, 15) is 4.79 Å². The molecule has 0 aromatic carbocycles. The van der Waals surface area contributed by atoms with Gasteiger partial charge in [0.05, 0.1) is 12.2 Å². The van der Waals surface area contributed by atoms with E-state index < -0.39 is 0 Å². The molecular formula is C16H28N2O. The number of carbonyl (C=O) groups is 1. The summed E-state index contributed by atoms with van der Waals surface area (Å²) in [4.78, 5) is 14.7. The van der Waals surface area contributed by atoms with Gasteiger partial charge in [-0.2, -0.15) is 0 Å². The van der Waals surface area contributed by atoms with Gasteiger partial charge in [-0.3, -0.25) is 10.1 Å². The Labute approximate surface area is 117 Å². The molecule has 1 heterocycles. The van der Waals surface area contributed by atoms with Crippen molar-refractivity contribution in [3.8, 4) is 0 Å². The Bertz CT molecular complexity index is 335. The Morgan fingerprint density at radius 3 is 2.26 bits per heavy atom. The number of nitrogens with one attached hydrogen (secondary N) is 1. The summed E-state index contributed by atoms with van der Waals surface area (Å²) in [5.74, 6) is 3.59. The smallest absolute Gasteiger partial charge is 0.241 e. The van der Waals surface area contributed by atoms with Crippen molar-refractivity contribution in [3.63, 3.8) is 0 Å². The highest BCUT2D eigenvalue weighted by atomic mass is 16.2. The summed E-state index contributed by atoms with van der Waals surface area (Å²) in [6.07, 6.45) is 6.81. The lowest BCUT2D eigenvalue weighted by Crippen LogP contribution is -2.39. The van der Waals surface area contributed by atoms with Gasteiger partial charge in [0.15, 0.2) is 0 Å². The molecule has 1 N–H and O–H groups in total. The number of amides is 1. The summed E-state index contributed by atoms with van der Waals surface area (Å²) in [7, 11) is 0. The largest absolute Gasteiger partial charge is 0.326 e. The maximum atomic E-state index is 12.5. The van der Waals surface area contributed by atoms with Gasteiger partial charge in [-0.05, 0) is 62.7 Å². The van der Waals surface area contributed by atoms with Crippen molar-refractivity contribution in [1.82, 2.24) is 10.2 Å². The van der Waals surface area contributed by atoms with E-state index in [1.54, 1.807) is 0 Å². The number of rotatable bonds is 6. The molecule has 2 aliphatic carbocycles. The highest BCUT2D eigenvalue weighted by molar-refractivity contribution is 5.84. The van der Waals surface area contributed by atoms with Crippen molar-refractivity contribution in [2.24, 2.45) is 23.7 Å². The minimum Gasteiger partial charge on any atom is -0.326 e. The van der Waals surface area contributed by atoms with Crippen LogP contribution in [0.2, 0.25) is 0 Å². The van der Waals surface area contributed by atoms with Crippen LogP contribution in [0.4, 0.5) is 0 Å². The van der Waals surface area contributed by atoms with E-state index in [0.717, 1.165) is 30.7 Å². The second-order valence-electron chi connectivity index (χ2n) is 7.35. The van der Waals surface area contributed by atoms with E-state index in [4.69, 9.17) is 0 Å². The fourth-order valence-electron chi connectivity index (χ4n) is 3.69. The summed E-state index contributed by atoms with van der Waals surface area (Å²) in [5, 5.41) is 3.49. The molecule has 3 aliphatic rings. The van der Waals surface area contributed by atoms with Gasteiger partial charge in [-0.25, -0.2) is 0 Å². The van der Waals surface area contributed by atoms with Crippen LogP contribution in [-0.4, -0.2) is 29.6 Å². The molecule has 108 valence electrons. The Kier molecular flexibility index (Phi) is 3.59. The summed E-state index contributed by atoms with van der Waals surface area (Å²) < 4.78 is 0. The number of nitrogens with zero attached hydrogens (tertiary/aromatic N) is 1. The molecule has 3 fully saturated rings. The van der Waals surface area contributed by atoms with E-state index in [1.807, 2.05) is 0 Å². The molecule has 1 saturated heterocycles. The van der Waals surface area contributed by atoms with Crippen LogP contribution in [0, 0.1) is 23.7 Å². The molecule has 0 bridgehead atoms. The summed E-state index contributed by atoms with van der Waals surface area (Å²) in [6, 6.07) is 0.0639.